The Balaban J connectivity index is 2.31. The molecule has 37 heavy (non-hydrogen) atoms. The van der Waals surface area contributed by atoms with Gasteiger partial charge in [-0.15, -0.1) is 5.06 Å². The summed E-state index contributed by atoms with van der Waals surface area (Å²) in [6.07, 6.45) is -5.04. The molecule has 2 aromatic carbocycles. The predicted octanol–water partition coefficient (Wildman–Crippen LogP) is 3.89. The van der Waals surface area contributed by atoms with Crippen molar-refractivity contribution in [2.45, 2.75) is 12.1 Å². The summed E-state index contributed by atoms with van der Waals surface area (Å²) in [4.78, 5) is 31.6. The second kappa shape index (κ2) is 11.0. The largest absolute Gasteiger partial charge is 0.458 e. The number of hydrogen-bond acceptors (Lipinski definition) is 10. The van der Waals surface area contributed by atoms with Crippen molar-refractivity contribution >= 4 is 21.5 Å². The Morgan fingerprint density at radius 3 is 2.35 bits per heavy atom. The lowest BCUT2D eigenvalue weighted by Crippen LogP contribution is -2.33. The minimum absolute atomic E-state index is 0.00181. The molecule has 0 aliphatic carbocycles. The Hall–Kier alpha value is -3.88. The highest BCUT2D eigenvalue weighted by atomic mass is 32.2. The predicted molar refractivity (Wildman–Crippen MR) is 113 cm³/mol. The molecule has 17 heteroatoms. The van der Waals surface area contributed by atoms with E-state index in [9.17, 15) is 50.5 Å². The zero-order valence-corrected chi connectivity index (χ0v) is 19.6. The van der Waals surface area contributed by atoms with E-state index in [1.807, 2.05) is 0 Å². The lowest BCUT2D eigenvalue weighted by atomic mass is 10.1. The van der Waals surface area contributed by atoms with Crippen molar-refractivity contribution < 1.29 is 54.7 Å². The third-order valence-electron chi connectivity index (χ3n) is 4.45. The van der Waals surface area contributed by atoms with Gasteiger partial charge in [-0.05, 0) is 30.3 Å². The van der Waals surface area contributed by atoms with Crippen LogP contribution in [0.25, 0.3) is 0 Å². The van der Waals surface area contributed by atoms with E-state index in [1.54, 1.807) is 6.07 Å². The fourth-order valence-corrected chi connectivity index (χ4v) is 3.15. The maximum Gasteiger partial charge on any atom is 0.458 e. The molecule has 0 heterocycles. The van der Waals surface area contributed by atoms with Crippen LogP contribution in [-0.4, -0.2) is 56.2 Å². The first-order valence-electron chi connectivity index (χ1n) is 9.69. The first-order valence-corrected chi connectivity index (χ1v) is 11.8. The van der Waals surface area contributed by atoms with Crippen LogP contribution in [-0.2, 0) is 25.6 Å². The molecular formula is C20H16F5N3O8S. The van der Waals surface area contributed by atoms with Gasteiger partial charge in [-0.25, -0.2) is 13.2 Å². The molecule has 0 saturated heterocycles. The summed E-state index contributed by atoms with van der Waals surface area (Å²) in [5.41, 5.74) is -3.67. The minimum atomic E-state index is -6.01. The summed E-state index contributed by atoms with van der Waals surface area (Å²) < 4.78 is 92.7. The first kappa shape index (κ1) is 29.4. The third-order valence-corrected chi connectivity index (χ3v) is 5.37. The van der Waals surface area contributed by atoms with Crippen LogP contribution in [0.15, 0.2) is 36.4 Å². The lowest BCUT2D eigenvalue weighted by Gasteiger charge is -2.20. The number of rotatable bonds is 10. The van der Waals surface area contributed by atoms with Gasteiger partial charge in [0.25, 0.3) is 0 Å². The van der Waals surface area contributed by atoms with Crippen molar-refractivity contribution in [3.63, 3.8) is 0 Å². The van der Waals surface area contributed by atoms with E-state index in [2.05, 4.69) is 9.88 Å². The molecule has 0 aromatic heterocycles. The fourth-order valence-electron chi connectivity index (χ4n) is 2.56. The van der Waals surface area contributed by atoms with Crippen LogP contribution in [0.2, 0.25) is 0 Å². The highest BCUT2D eigenvalue weighted by Crippen LogP contribution is 2.46. The maximum absolute atomic E-state index is 13.6. The molecule has 0 N–H and O–H groups in total. The molecule has 0 unspecified atom stereocenters. The SMILES string of the molecule is CN(CCS(C)(=O)=O)OOC(=O)c1cc(Oc2ccc(C(F)(F)C(F)(F)F)cc2[N+](=O)[O-])ccc1C#N. The molecule has 0 radical (unpaired) electrons. The molecule has 0 spiro atoms. The monoisotopic (exact) mass is 553 g/mol. The summed E-state index contributed by atoms with van der Waals surface area (Å²) in [6.45, 7) is -0.187. The molecule has 2 aromatic rings. The van der Waals surface area contributed by atoms with E-state index < -0.39 is 55.4 Å². The quantitative estimate of drug-likeness (QED) is 0.184. The number of nitriles is 1. The molecule has 0 amide bonds. The smallest absolute Gasteiger partial charge is 0.450 e. The van der Waals surface area contributed by atoms with Gasteiger partial charge in [0.2, 0.25) is 5.75 Å². The average molecular weight is 553 g/mol. The first-order chi connectivity index (χ1) is 17.0. The summed E-state index contributed by atoms with van der Waals surface area (Å²) in [6, 6.07) is 5.45. The molecule has 11 nitrogen and oxygen atoms in total. The van der Waals surface area contributed by atoms with Gasteiger partial charge in [0.15, 0.2) is 0 Å². The Bertz CT molecular complexity index is 1340. The molecule has 200 valence electrons. The molecule has 0 aliphatic heterocycles. The number of benzene rings is 2. The molecule has 0 bridgehead atoms. The van der Waals surface area contributed by atoms with Gasteiger partial charge in [0, 0.05) is 31.5 Å². The number of hydrogen-bond donors (Lipinski definition) is 0. The van der Waals surface area contributed by atoms with Crippen molar-refractivity contribution in [3.8, 4) is 17.6 Å². The second-order valence-electron chi connectivity index (χ2n) is 7.36. The molecule has 0 fully saturated rings. The van der Waals surface area contributed by atoms with Gasteiger partial charge in [-0.1, -0.05) is 4.99 Å². The summed E-state index contributed by atoms with van der Waals surface area (Å²) in [5.74, 6) is -8.07. The van der Waals surface area contributed by atoms with Crippen molar-refractivity contribution in [2.75, 3.05) is 25.6 Å². The number of carbonyl (C=O) groups excluding carboxylic acids is 1. The number of hydroxylamine groups is 2. The van der Waals surface area contributed by atoms with Crippen LogP contribution in [0.1, 0.15) is 21.5 Å². The van der Waals surface area contributed by atoms with Crippen molar-refractivity contribution in [1.82, 2.24) is 5.06 Å². The van der Waals surface area contributed by atoms with Crippen molar-refractivity contribution in [1.29, 1.82) is 5.26 Å². The molecular weight excluding hydrogens is 537 g/mol. The van der Waals surface area contributed by atoms with Crippen molar-refractivity contribution in [2.24, 2.45) is 0 Å². The molecule has 0 atom stereocenters. The number of nitro benzene ring substituents is 1. The lowest BCUT2D eigenvalue weighted by molar-refractivity contribution is -0.386. The number of alkyl halides is 5. The fraction of sp³-hybridized carbons (Fsp3) is 0.300. The van der Waals surface area contributed by atoms with Crippen LogP contribution in [0.5, 0.6) is 11.5 Å². The van der Waals surface area contributed by atoms with E-state index in [1.165, 1.54) is 7.05 Å². The van der Waals surface area contributed by atoms with Crippen LogP contribution < -0.4 is 4.74 Å². The maximum atomic E-state index is 13.6. The van der Waals surface area contributed by atoms with Crippen molar-refractivity contribution in [3.05, 3.63) is 63.2 Å². The summed E-state index contributed by atoms with van der Waals surface area (Å²) in [5, 5.41) is 21.4. The van der Waals surface area contributed by atoms with Gasteiger partial charge in [-0.2, -0.15) is 27.2 Å². The van der Waals surface area contributed by atoms with Gasteiger partial charge < -0.3 is 4.74 Å². The molecule has 2 rings (SSSR count). The average Bonchev–Trinajstić information content (AvgIpc) is 2.79. The van der Waals surface area contributed by atoms with Crippen LogP contribution in [0, 0.1) is 21.4 Å². The van der Waals surface area contributed by atoms with E-state index >= 15 is 0 Å². The van der Waals surface area contributed by atoms with E-state index in [4.69, 9.17) is 4.74 Å². The number of nitro groups is 1. The van der Waals surface area contributed by atoms with Crippen LogP contribution in [0.4, 0.5) is 27.6 Å². The Morgan fingerprint density at radius 1 is 1.16 bits per heavy atom. The van der Waals surface area contributed by atoms with E-state index in [0.29, 0.717) is 6.07 Å². The van der Waals surface area contributed by atoms with Gasteiger partial charge in [0.1, 0.15) is 21.7 Å². The van der Waals surface area contributed by atoms with E-state index in [-0.39, 0.29) is 35.7 Å². The third kappa shape index (κ3) is 7.55. The Kier molecular flexibility index (Phi) is 8.75. The van der Waals surface area contributed by atoms with Gasteiger partial charge in [0.05, 0.1) is 21.8 Å². The van der Waals surface area contributed by atoms with Crippen LogP contribution in [0.3, 0.4) is 0 Å². The zero-order chi connectivity index (χ0) is 28.2. The number of sulfone groups is 1. The minimum Gasteiger partial charge on any atom is -0.450 e. The molecule has 0 saturated carbocycles. The highest BCUT2D eigenvalue weighted by molar-refractivity contribution is 7.90. The van der Waals surface area contributed by atoms with Crippen LogP contribution >= 0.6 is 0 Å². The normalized spacial score (nSPS) is 12.2. The number of carbonyl (C=O) groups is 1. The number of ether oxygens (including phenoxy) is 1. The zero-order valence-electron chi connectivity index (χ0n) is 18.8. The highest BCUT2D eigenvalue weighted by Gasteiger charge is 2.59. The molecule has 0 aliphatic rings. The van der Waals surface area contributed by atoms with Gasteiger partial charge in [-0.3, -0.25) is 15.0 Å². The number of halogens is 5. The summed E-state index contributed by atoms with van der Waals surface area (Å²) >= 11 is 0. The second-order valence-corrected chi connectivity index (χ2v) is 9.62. The Labute approximate surface area is 205 Å². The van der Waals surface area contributed by atoms with E-state index in [0.717, 1.165) is 29.5 Å². The topological polar surface area (TPSA) is 149 Å². The standard InChI is InChI=1S/C20H16F5N3O8S/c1-27(7-8-37(2,32)33)36-35-18(29)15-10-14(5-3-12(15)11-26)34-17-6-4-13(9-16(17)28(30)31)19(21,22)20(23,24)25/h3-6,9-10H,7-8H2,1-2H3. The summed E-state index contributed by atoms with van der Waals surface area (Å²) in [7, 11) is -2.11. The number of nitrogens with zero attached hydrogens (tertiary/aromatic N) is 3. The Morgan fingerprint density at radius 2 is 1.81 bits per heavy atom. The van der Waals surface area contributed by atoms with Gasteiger partial charge >= 0.3 is 23.8 Å².